The number of fused-ring (bicyclic) bond motifs is 2. The Bertz CT molecular complexity index is 997. The van der Waals surface area contributed by atoms with E-state index in [9.17, 15) is 9.59 Å². The standard InChI is InChI=1S/C25H28N2O4/c1-17(25(29)27-13-10-18-4-2-3-5-21(18)27)26-11-8-19(9-12-26)24(28)20-6-7-22-23(16-20)31-15-14-30-22/h2-7,16-17,19H,8-15H2,1H3/t17-/m0/s1. The molecule has 31 heavy (non-hydrogen) atoms. The summed E-state index contributed by atoms with van der Waals surface area (Å²) < 4.78 is 11.2. The smallest absolute Gasteiger partial charge is 0.244 e. The van der Waals surface area contributed by atoms with Crippen molar-refractivity contribution in [2.45, 2.75) is 32.2 Å². The average Bonchev–Trinajstić information content (AvgIpc) is 3.26. The molecule has 3 aliphatic heterocycles. The quantitative estimate of drug-likeness (QED) is 0.710. The van der Waals surface area contributed by atoms with Gasteiger partial charge in [-0.25, -0.2) is 0 Å². The van der Waals surface area contributed by atoms with Crippen molar-refractivity contribution in [2.24, 2.45) is 5.92 Å². The molecule has 2 aromatic rings. The number of rotatable bonds is 4. The Morgan fingerprint density at radius 3 is 2.52 bits per heavy atom. The summed E-state index contributed by atoms with van der Waals surface area (Å²) in [5.41, 5.74) is 2.97. The lowest BCUT2D eigenvalue weighted by Gasteiger charge is -2.36. The van der Waals surface area contributed by atoms with Crippen LogP contribution in [0.25, 0.3) is 0 Å². The fourth-order valence-electron chi connectivity index (χ4n) is 4.93. The second-order valence-corrected chi connectivity index (χ2v) is 8.58. The van der Waals surface area contributed by atoms with Crippen molar-refractivity contribution in [1.82, 2.24) is 4.90 Å². The molecule has 1 atom stereocenters. The monoisotopic (exact) mass is 420 g/mol. The second-order valence-electron chi connectivity index (χ2n) is 8.58. The third kappa shape index (κ3) is 3.81. The number of nitrogens with zero attached hydrogens (tertiary/aromatic N) is 2. The number of benzene rings is 2. The number of likely N-dealkylation sites (tertiary alicyclic amines) is 1. The lowest BCUT2D eigenvalue weighted by Crippen LogP contribution is -2.50. The molecule has 1 amide bonds. The summed E-state index contributed by atoms with van der Waals surface area (Å²) in [5, 5.41) is 0. The van der Waals surface area contributed by atoms with Gasteiger partial charge in [-0.15, -0.1) is 0 Å². The van der Waals surface area contributed by atoms with Gasteiger partial charge in [0, 0.05) is 23.7 Å². The van der Waals surface area contributed by atoms with Gasteiger partial charge in [0.2, 0.25) is 5.91 Å². The van der Waals surface area contributed by atoms with Gasteiger partial charge in [0.05, 0.1) is 6.04 Å². The van der Waals surface area contributed by atoms with Gasteiger partial charge >= 0.3 is 0 Å². The fraction of sp³-hybridized carbons (Fsp3) is 0.440. The Labute approximate surface area is 182 Å². The molecular weight excluding hydrogens is 392 g/mol. The Morgan fingerprint density at radius 2 is 1.71 bits per heavy atom. The predicted octanol–water partition coefficient (Wildman–Crippen LogP) is 3.33. The van der Waals surface area contributed by atoms with E-state index in [0.29, 0.717) is 30.3 Å². The highest BCUT2D eigenvalue weighted by atomic mass is 16.6. The van der Waals surface area contributed by atoms with Gasteiger partial charge in [-0.2, -0.15) is 0 Å². The number of anilines is 1. The highest BCUT2D eigenvalue weighted by molar-refractivity contribution is 5.99. The Kier molecular flexibility index (Phi) is 5.40. The van der Waals surface area contributed by atoms with E-state index >= 15 is 0 Å². The molecule has 6 heteroatoms. The Morgan fingerprint density at radius 1 is 0.968 bits per heavy atom. The minimum absolute atomic E-state index is 0.0198. The molecular formula is C25H28N2O4. The molecule has 3 heterocycles. The molecule has 3 aliphatic rings. The number of carbonyl (C=O) groups excluding carboxylic acids is 2. The number of piperidine rings is 1. The average molecular weight is 421 g/mol. The molecule has 0 aliphatic carbocycles. The summed E-state index contributed by atoms with van der Waals surface area (Å²) in [6.07, 6.45) is 2.45. The topological polar surface area (TPSA) is 59.1 Å². The van der Waals surface area contributed by atoms with Gasteiger partial charge < -0.3 is 14.4 Å². The molecule has 6 nitrogen and oxygen atoms in total. The number of carbonyl (C=O) groups is 2. The van der Waals surface area contributed by atoms with E-state index < -0.39 is 0 Å². The van der Waals surface area contributed by atoms with E-state index in [0.717, 1.165) is 44.6 Å². The van der Waals surface area contributed by atoms with Gasteiger partial charge in [-0.05, 0) is 69.1 Å². The van der Waals surface area contributed by atoms with Gasteiger partial charge in [0.1, 0.15) is 13.2 Å². The third-order valence-electron chi connectivity index (χ3n) is 6.79. The summed E-state index contributed by atoms with van der Waals surface area (Å²) in [6, 6.07) is 13.4. The first kappa shape index (κ1) is 20.1. The zero-order chi connectivity index (χ0) is 21.4. The van der Waals surface area contributed by atoms with Crippen molar-refractivity contribution in [3.63, 3.8) is 0 Å². The van der Waals surface area contributed by atoms with Crippen molar-refractivity contribution < 1.29 is 19.1 Å². The minimum Gasteiger partial charge on any atom is -0.486 e. The number of ether oxygens (including phenoxy) is 2. The van der Waals surface area contributed by atoms with E-state index in [1.807, 2.05) is 42.2 Å². The molecule has 5 rings (SSSR count). The summed E-state index contributed by atoms with van der Waals surface area (Å²) in [4.78, 5) is 30.4. The largest absolute Gasteiger partial charge is 0.486 e. The van der Waals surface area contributed by atoms with Gasteiger partial charge in [0.25, 0.3) is 0 Å². The highest BCUT2D eigenvalue weighted by Crippen LogP contribution is 2.33. The summed E-state index contributed by atoms with van der Waals surface area (Å²) in [6.45, 7) is 5.30. The van der Waals surface area contributed by atoms with Gasteiger partial charge in [0.15, 0.2) is 17.3 Å². The number of para-hydroxylation sites is 1. The van der Waals surface area contributed by atoms with E-state index in [1.54, 1.807) is 6.07 Å². The van der Waals surface area contributed by atoms with E-state index in [1.165, 1.54) is 5.56 Å². The molecule has 0 aromatic heterocycles. The number of hydrogen-bond donors (Lipinski definition) is 0. The molecule has 0 radical (unpaired) electrons. The van der Waals surface area contributed by atoms with Crippen LogP contribution in [-0.2, 0) is 11.2 Å². The number of hydrogen-bond acceptors (Lipinski definition) is 5. The molecule has 0 saturated carbocycles. The van der Waals surface area contributed by atoms with E-state index in [2.05, 4.69) is 11.0 Å². The van der Waals surface area contributed by atoms with Crippen LogP contribution in [0.2, 0.25) is 0 Å². The number of amides is 1. The molecule has 1 fully saturated rings. The zero-order valence-electron chi connectivity index (χ0n) is 17.9. The molecule has 0 unspecified atom stereocenters. The maximum atomic E-state index is 13.2. The van der Waals surface area contributed by atoms with E-state index in [4.69, 9.17) is 9.47 Å². The van der Waals surface area contributed by atoms with Crippen molar-refractivity contribution in [1.29, 1.82) is 0 Å². The van der Waals surface area contributed by atoms with Crippen LogP contribution in [-0.4, -0.2) is 55.5 Å². The summed E-state index contributed by atoms with van der Waals surface area (Å²) in [7, 11) is 0. The van der Waals surface area contributed by atoms with Gasteiger partial charge in [-0.1, -0.05) is 18.2 Å². The predicted molar refractivity (Wildman–Crippen MR) is 118 cm³/mol. The number of ketones is 1. The SMILES string of the molecule is C[C@@H](C(=O)N1CCc2ccccc21)N1CCC(C(=O)c2ccc3c(c2)OCCO3)CC1. The number of Topliss-reactive ketones (excluding diaryl/α,β-unsaturated/α-hetero) is 1. The maximum Gasteiger partial charge on any atom is 0.244 e. The first-order valence-electron chi connectivity index (χ1n) is 11.2. The lowest BCUT2D eigenvalue weighted by molar-refractivity contribution is -0.123. The highest BCUT2D eigenvalue weighted by Gasteiger charge is 2.34. The van der Waals surface area contributed by atoms with Crippen molar-refractivity contribution in [2.75, 3.05) is 37.7 Å². The van der Waals surface area contributed by atoms with Crippen LogP contribution in [0.3, 0.4) is 0 Å². The van der Waals surface area contributed by atoms with Crippen LogP contribution in [0.15, 0.2) is 42.5 Å². The fourth-order valence-corrected chi connectivity index (χ4v) is 4.93. The Balaban J connectivity index is 1.20. The van der Waals surface area contributed by atoms with Crippen LogP contribution >= 0.6 is 0 Å². The Hall–Kier alpha value is -2.86. The maximum absolute atomic E-state index is 13.2. The summed E-state index contributed by atoms with van der Waals surface area (Å²) in [5.74, 6) is 1.65. The molecule has 0 spiro atoms. The van der Waals surface area contributed by atoms with Crippen LogP contribution in [0.4, 0.5) is 5.69 Å². The second kappa shape index (κ2) is 8.35. The summed E-state index contributed by atoms with van der Waals surface area (Å²) >= 11 is 0. The van der Waals surface area contributed by atoms with Crippen molar-refractivity contribution >= 4 is 17.4 Å². The molecule has 2 aromatic carbocycles. The minimum atomic E-state index is -0.184. The zero-order valence-corrected chi connectivity index (χ0v) is 17.9. The third-order valence-corrected chi connectivity index (χ3v) is 6.79. The molecule has 0 bridgehead atoms. The molecule has 162 valence electrons. The molecule has 0 N–H and O–H groups in total. The van der Waals surface area contributed by atoms with Crippen LogP contribution in [0.1, 0.15) is 35.7 Å². The van der Waals surface area contributed by atoms with E-state index in [-0.39, 0.29) is 23.7 Å². The van der Waals surface area contributed by atoms with Crippen molar-refractivity contribution in [3.05, 3.63) is 53.6 Å². The van der Waals surface area contributed by atoms with Crippen molar-refractivity contribution in [3.8, 4) is 11.5 Å². The van der Waals surface area contributed by atoms with Crippen LogP contribution in [0.5, 0.6) is 11.5 Å². The van der Waals surface area contributed by atoms with Crippen LogP contribution < -0.4 is 14.4 Å². The first-order valence-corrected chi connectivity index (χ1v) is 11.2. The first-order chi connectivity index (χ1) is 15.1. The lowest BCUT2D eigenvalue weighted by atomic mass is 9.88. The van der Waals surface area contributed by atoms with Crippen LogP contribution in [0, 0.1) is 5.92 Å². The normalized spacial score (nSPS) is 19.7. The van der Waals surface area contributed by atoms with Gasteiger partial charge in [-0.3, -0.25) is 14.5 Å². The molecule has 1 saturated heterocycles.